The normalized spacial score (nSPS) is 21.8. The van der Waals surface area contributed by atoms with Gasteiger partial charge in [0.05, 0.1) is 18.6 Å². The van der Waals surface area contributed by atoms with Gasteiger partial charge in [-0.1, -0.05) is 26.0 Å². The van der Waals surface area contributed by atoms with E-state index < -0.39 is 0 Å². The fourth-order valence-electron chi connectivity index (χ4n) is 4.10. The van der Waals surface area contributed by atoms with Crippen molar-refractivity contribution in [3.8, 4) is 5.75 Å². The van der Waals surface area contributed by atoms with Crippen LogP contribution in [-0.2, 0) is 11.3 Å². The Morgan fingerprint density at radius 1 is 1.36 bits per heavy atom. The Morgan fingerprint density at radius 2 is 2.14 bits per heavy atom. The number of piperidine rings is 1. The second-order valence-electron chi connectivity index (χ2n) is 8.53. The number of benzene rings is 1. The maximum Gasteiger partial charge on any atom is 0.318 e. The highest BCUT2D eigenvalue weighted by Crippen LogP contribution is 2.31. The summed E-state index contributed by atoms with van der Waals surface area (Å²) < 4.78 is 5.99. The molecule has 0 unspecified atom stereocenters. The molecule has 2 aliphatic heterocycles. The van der Waals surface area contributed by atoms with Gasteiger partial charge < -0.3 is 19.9 Å². The van der Waals surface area contributed by atoms with Gasteiger partial charge in [0.2, 0.25) is 5.91 Å². The molecule has 0 saturated carbocycles. The number of urea groups is 1. The molecule has 2 aliphatic rings. The van der Waals surface area contributed by atoms with Crippen LogP contribution < -0.4 is 10.1 Å². The van der Waals surface area contributed by atoms with Crippen molar-refractivity contribution in [2.45, 2.75) is 52.6 Å². The van der Waals surface area contributed by atoms with E-state index in [1.165, 1.54) is 0 Å². The predicted octanol–water partition coefficient (Wildman–Crippen LogP) is 3.18. The van der Waals surface area contributed by atoms with E-state index in [0.29, 0.717) is 32.2 Å². The minimum atomic E-state index is -0.0912. The molecule has 1 N–H and O–H groups in total. The molecule has 2 fully saturated rings. The molecule has 2 heterocycles. The van der Waals surface area contributed by atoms with Gasteiger partial charge in [0.1, 0.15) is 5.75 Å². The number of amides is 3. The summed E-state index contributed by atoms with van der Waals surface area (Å²) in [5, 5.41) is 3.05. The first-order valence-corrected chi connectivity index (χ1v) is 10.4. The first kappa shape index (κ1) is 20.5. The van der Waals surface area contributed by atoms with Gasteiger partial charge in [-0.2, -0.15) is 0 Å². The Morgan fingerprint density at radius 3 is 2.89 bits per heavy atom. The Labute approximate surface area is 168 Å². The van der Waals surface area contributed by atoms with Gasteiger partial charge in [0.25, 0.3) is 0 Å². The van der Waals surface area contributed by atoms with Crippen LogP contribution >= 0.6 is 0 Å². The molecular formula is C22H33N3O3. The molecule has 0 spiro atoms. The quantitative estimate of drug-likeness (QED) is 0.815. The summed E-state index contributed by atoms with van der Waals surface area (Å²) in [4.78, 5) is 28.7. The lowest BCUT2D eigenvalue weighted by Crippen LogP contribution is -2.52. The summed E-state index contributed by atoms with van der Waals surface area (Å²) in [5.74, 6) is 1.56. The van der Waals surface area contributed by atoms with Crippen LogP contribution in [0.2, 0.25) is 0 Å². The number of aryl methyl sites for hydroxylation is 1. The third kappa shape index (κ3) is 4.59. The zero-order valence-corrected chi connectivity index (χ0v) is 17.5. The van der Waals surface area contributed by atoms with E-state index in [0.717, 1.165) is 36.1 Å². The van der Waals surface area contributed by atoms with Crippen molar-refractivity contribution in [1.82, 2.24) is 15.1 Å². The van der Waals surface area contributed by atoms with E-state index in [2.05, 4.69) is 19.2 Å². The molecule has 3 rings (SSSR count). The molecule has 2 saturated heterocycles. The van der Waals surface area contributed by atoms with E-state index in [1.807, 2.05) is 37.1 Å². The molecular weight excluding hydrogens is 354 g/mol. The van der Waals surface area contributed by atoms with E-state index in [-0.39, 0.29) is 23.9 Å². The fraction of sp³-hybridized carbons (Fsp3) is 0.636. The number of nitrogens with zero attached hydrogens (tertiary/aromatic N) is 2. The lowest BCUT2D eigenvalue weighted by atomic mass is 9.92. The number of fused-ring (bicyclic) bond motifs is 1. The second kappa shape index (κ2) is 8.84. The highest BCUT2D eigenvalue weighted by Gasteiger charge is 2.45. The summed E-state index contributed by atoms with van der Waals surface area (Å²) in [5.41, 5.74) is 2.12. The highest BCUT2D eigenvalue weighted by atomic mass is 16.5. The second-order valence-corrected chi connectivity index (χ2v) is 8.53. The van der Waals surface area contributed by atoms with Crippen LogP contribution in [0, 0.1) is 18.8 Å². The van der Waals surface area contributed by atoms with Crippen molar-refractivity contribution in [3.63, 3.8) is 0 Å². The van der Waals surface area contributed by atoms with Crippen LogP contribution in [0.5, 0.6) is 5.75 Å². The van der Waals surface area contributed by atoms with Crippen LogP contribution in [0.15, 0.2) is 18.2 Å². The number of hydrogen-bond donors (Lipinski definition) is 1. The average molecular weight is 388 g/mol. The molecule has 0 aliphatic carbocycles. The van der Waals surface area contributed by atoms with Crippen LogP contribution in [0.3, 0.4) is 0 Å². The van der Waals surface area contributed by atoms with Crippen molar-refractivity contribution in [1.29, 1.82) is 0 Å². The largest absolute Gasteiger partial charge is 0.493 e. The topological polar surface area (TPSA) is 61.9 Å². The van der Waals surface area contributed by atoms with Gasteiger partial charge in [-0.3, -0.25) is 4.79 Å². The zero-order valence-electron chi connectivity index (χ0n) is 17.5. The van der Waals surface area contributed by atoms with Gasteiger partial charge in [-0.05, 0) is 43.7 Å². The third-order valence-electron chi connectivity index (χ3n) is 5.80. The van der Waals surface area contributed by atoms with Crippen LogP contribution in [0.1, 0.15) is 44.2 Å². The van der Waals surface area contributed by atoms with Crippen LogP contribution in [-0.4, -0.2) is 54.5 Å². The van der Waals surface area contributed by atoms with Gasteiger partial charge in [-0.15, -0.1) is 0 Å². The average Bonchev–Trinajstić information content (AvgIpc) is 2.95. The minimum Gasteiger partial charge on any atom is -0.493 e. The smallest absolute Gasteiger partial charge is 0.318 e. The van der Waals surface area contributed by atoms with Crippen molar-refractivity contribution in [3.05, 3.63) is 29.3 Å². The van der Waals surface area contributed by atoms with Gasteiger partial charge >= 0.3 is 6.03 Å². The molecule has 154 valence electrons. The van der Waals surface area contributed by atoms with Crippen molar-refractivity contribution in [2.24, 2.45) is 11.8 Å². The summed E-state index contributed by atoms with van der Waals surface area (Å²) in [6, 6.07) is 5.99. The van der Waals surface area contributed by atoms with Gasteiger partial charge in [-0.25, -0.2) is 4.79 Å². The molecule has 2 atom stereocenters. The van der Waals surface area contributed by atoms with E-state index in [9.17, 15) is 9.59 Å². The number of likely N-dealkylation sites (tertiary alicyclic amines) is 2. The molecule has 0 bridgehead atoms. The Bertz CT molecular complexity index is 719. The maximum atomic E-state index is 12.9. The summed E-state index contributed by atoms with van der Waals surface area (Å²) in [7, 11) is 1.82. The number of likely N-dealkylation sites (N-methyl/N-ethyl adjacent to an activating group) is 1. The predicted molar refractivity (Wildman–Crippen MR) is 109 cm³/mol. The molecule has 6 nitrogen and oxygen atoms in total. The first-order chi connectivity index (χ1) is 13.4. The number of carbonyl (C=O) groups is 2. The number of rotatable bonds is 6. The monoisotopic (exact) mass is 387 g/mol. The Kier molecular flexibility index (Phi) is 6.47. The number of ether oxygens (including phenoxy) is 1. The number of hydrogen-bond acceptors (Lipinski definition) is 3. The van der Waals surface area contributed by atoms with Crippen molar-refractivity contribution < 1.29 is 14.3 Å². The number of nitrogens with one attached hydrogen (secondary N) is 1. The summed E-state index contributed by atoms with van der Waals surface area (Å²) >= 11 is 0. The zero-order chi connectivity index (χ0) is 20.3. The summed E-state index contributed by atoms with van der Waals surface area (Å²) in [6.45, 7) is 8.83. The molecule has 3 amide bonds. The first-order valence-electron chi connectivity index (χ1n) is 10.4. The Balaban J connectivity index is 1.62. The molecule has 0 aromatic heterocycles. The molecule has 1 aromatic rings. The third-order valence-corrected chi connectivity index (χ3v) is 5.80. The van der Waals surface area contributed by atoms with Crippen molar-refractivity contribution in [2.75, 3.05) is 26.7 Å². The van der Waals surface area contributed by atoms with E-state index >= 15 is 0 Å². The van der Waals surface area contributed by atoms with Gasteiger partial charge in [0.15, 0.2) is 0 Å². The Hall–Kier alpha value is -2.24. The van der Waals surface area contributed by atoms with Crippen LogP contribution in [0.25, 0.3) is 0 Å². The minimum absolute atomic E-state index is 0.00831. The number of carbonyl (C=O) groups excluding carboxylic acids is 2. The van der Waals surface area contributed by atoms with Gasteiger partial charge in [0, 0.05) is 32.2 Å². The molecule has 0 radical (unpaired) electrons. The SMILES string of the molecule is Cc1ccc(CNC(=O)N2CCC[C@H]3C(=O)N(C)C[C@H]32)c(OCCC(C)C)c1. The van der Waals surface area contributed by atoms with Crippen LogP contribution in [0.4, 0.5) is 4.79 Å². The molecule has 6 heteroatoms. The molecule has 1 aromatic carbocycles. The fourth-order valence-corrected chi connectivity index (χ4v) is 4.10. The summed E-state index contributed by atoms with van der Waals surface area (Å²) in [6.07, 6.45) is 2.75. The van der Waals surface area contributed by atoms with Crippen molar-refractivity contribution >= 4 is 11.9 Å². The standard InChI is InChI=1S/C22H33N3O3/c1-15(2)9-11-28-20-12-16(3)7-8-17(20)13-23-22(27)25-10-5-6-18-19(25)14-24(4)21(18)26/h7-8,12,15,18-19H,5-6,9-11,13-14H2,1-4H3,(H,23,27)/t18-,19-/m1/s1. The lowest BCUT2D eigenvalue weighted by molar-refractivity contribution is -0.130. The lowest BCUT2D eigenvalue weighted by Gasteiger charge is -2.35. The van der Waals surface area contributed by atoms with E-state index in [4.69, 9.17) is 4.74 Å². The maximum absolute atomic E-state index is 12.9. The molecule has 28 heavy (non-hydrogen) atoms. The highest BCUT2D eigenvalue weighted by molar-refractivity contribution is 5.84. The van der Waals surface area contributed by atoms with E-state index in [1.54, 1.807) is 4.90 Å².